The number of allylic oxidation sites excluding steroid dienone is 4. The van der Waals surface area contributed by atoms with Crippen LogP contribution in [0, 0.1) is 0 Å². The molecule has 8 nitrogen and oxygen atoms in total. The second-order valence-electron chi connectivity index (χ2n) is 6.69. The summed E-state index contributed by atoms with van der Waals surface area (Å²) in [5, 5.41) is 8.15. The standard InChI is InChI=1S/C20H19FN6O2/c21-10-15(11-22)12-27-19(28)26(13-24-27)20(18-23-14-29-25-18)8-4-7-17(9-20)16-5-2-1-3-6-16/h1-8,10,13-14H,9,11-12,22H2/b15-10+. The van der Waals surface area contributed by atoms with Gasteiger partial charge in [0.05, 0.1) is 12.9 Å². The Morgan fingerprint density at radius 2 is 2.17 bits per heavy atom. The highest BCUT2D eigenvalue weighted by atomic mass is 19.1. The highest BCUT2D eigenvalue weighted by molar-refractivity contribution is 5.70. The van der Waals surface area contributed by atoms with Crippen molar-refractivity contribution in [1.29, 1.82) is 0 Å². The number of nitrogens with zero attached hydrogens (tertiary/aromatic N) is 5. The molecule has 0 saturated carbocycles. The van der Waals surface area contributed by atoms with E-state index >= 15 is 0 Å². The van der Waals surface area contributed by atoms with Crippen molar-refractivity contribution in [2.24, 2.45) is 5.73 Å². The lowest BCUT2D eigenvalue weighted by molar-refractivity contribution is 0.361. The lowest BCUT2D eigenvalue weighted by Crippen LogP contribution is -2.43. The maximum absolute atomic E-state index is 13.1. The molecule has 0 spiro atoms. The van der Waals surface area contributed by atoms with Crippen LogP contribution >= 0.6 is 0 Å². The monoisotopic (exact) mass is 394 g/mol. The van der Waals surface area contributed by atoms with Gasteiger partial charge in [0.15, 0.2) is 0 Å². The summed E-state index contributed by atoms with van der Waals surface area (Å²) in [5.74, 6) is 0.331. The van der Waals surface area contributed by atoms with E-state index in [1.807, 2.05) is 48.6 Å². The molecular weight excluding hydrogens is 375 g/mol. The average Bonchev–Trinajstić information content (AvgIpc) is 3.44. The van der Waals surface area contributed by atoms with Gasteiger partial charge in [0.25, 0.3) is 0 Å². The minimum Gasteiger partial charge on any atom is -0.343 e. The van der Waals surface area contributed by atoms with Crippen molar-refractivity contribution in [3.8, 4) is 0 Å². The highest BCUT2D eigenvalue weighted by Crippen LogP contribution is 2.38. The third-order valence-electron chi connectivity index (χ3n) is 4.96. The van der Waals surface area contributed by atoms with Crippen LogP contribution in [-0.2, 0) is 12.1 Å². The largest absolute Gasteiger partial charge is 0.347 e. The van der Waals surface area contributed by atoms with Gasteiger partial charge in [0.2, 0.25) is 12.2 Å². The van der Waals surface area contributed by atoms with Crippen molar-refractivity contribution >= 4 is 5.57 Å². The molecule has 1 atom stereocenters. The van der Waals surface area contributed by atoms with Crippen LogP contribution < -0.4 is 11.4 Å². The molecule has 2 heterocycles. The Bertz CT molecular complexity index is 1130. The molecule has 1 aromatic carbocycles. The number of hydrogen-bond acceptors (Lipinski definition) is 6. The van der Waals surface area contributed by atoms with Crippen LogP contribution in [0.1, 0.15) is 17.8 Å². The van der Waals surface area contributed by atoms with Gasteiger partial charge in [0, 0.05) is 13.0 Å². The summed E-state index contributed by atoms with van der Waals surface area (Å²) < 4.78 is 20.5. The molecule has 2 aromatic heterocycles. The molecule has 2 N–H and O–H groups in total. The minimum atomic E-state index is -1.02. The summed E-state index contributed by atoms with van der Waals surface area (Å²) in [6, 6.07) is 9.84. The maximum atomic E-state index is 13.1. The number of nitrogens with two attached hydrogens (primary N) is 1. The van der Waals surface area contributed by atoms with Crippen molar-refractivity contribution < 1.29 is 8.91 Å². The quantitative estimate of drug-likeness (QED) is 0.686. The SMILES string of the molecule is NC/C(=C\F)Cn1ncn(C2(c3ncon3)C=CC=C(c3ccccc3)C2)c1=O. The Morgan fingerprint density at radius 1 is 1.34 bits per heavy atom. The molecule has 0 amide bonds. The summed E-state index contributed by atoms with van der Waals surface area (Å²) >= 11 is 0. The fourth-order valence-electron chi connectivity index (χ4n) is 3.43. The van der Waals surface area contributed by atoms with Crippen molar-refractivity contribution in [3.63, 3.8) is 0 Å². The fraction of sp³-hybridized carbons (Fsp3) is 0.200. The number of aromatic nitrogens is 5. The van der Waals surface area contributed by atoms with Gasteiger partial charge in [-0.05, 0) is 16.7 Å². The van der Waals surface area contributed by atoms with Crippen LogP contribution in [-0.4, -0.2) is 31.0 Å². The summed E-state index contributed by atoms with van der Waals surface area (Å²) in [4.78, 5) is 17.3. The molecular formula is C20H19FN6O2. The summed E-state index contributed by atoms with van der Waals surface area (Å²) in [6.45, 7) is -0.0428. The van der Waals surface area contributed by atoms with Crippen LogP contribution in [0.15, 0.2) is 82.5 Å². The molecule has 3 aromatic rings. The van der Waals surface area contributed by atoms with E-state index in [0.717, 1.165) is 15.8 Å². The second kappa shape index (κ2) is 7.80. The van der Waals surface area contributed by atoms with Crippen LogP contribution in [0.5, 0.6) is 0 Å². The maximum Gasteiger partial charge on any atom is 0.347 e. The number of halogens is 1. The number of rotatable bonds is 6. The van der Waals surface area contributed by atoms with E-state index in [0.29, 0.717) is 18.6 Å². The normalized spacial score (nSPS) is 19.4. The summed E-state index contributed by atoms with van der Waals surface area (Å²) in [7, 11) is 0. The first-order valence-electron chi connectivity index (χ1n) is 9.02. The van der Waals surface area contributed by atoms with Gasteiger partial charge < -0.3 is 10.3 Å². The Morgan fingerprint density at radius 3 is 2.86 bits per heavy atom. The zero-order chi connectivity index (χ0) is 20.3. The molecule has 9 heteroatoms. The number of benzene rings is 1. The molecule has 148 valence electrons. The Kier molecular flexibility index (Phi) is 5.05. The van der Waals surface area contributed by atoms with E-state index in [2.05, 4.69) is 15.2 Å². The van der Waals surface area contributed by atoms with Gasteiger partial charge in [-0.3, -0.25) is 4.57 Å². The van der Waals surface area contributed by atoms with E-state index in [9.17, 15) is 9.18 Å². The predicted molar refractivity (Wildman–Crippen MR) is 104 cm³/mol. The van der Waals surface area contributed by atoms with E-state index in [1.165, 1.54) is 17.3 Å². The topological polar surface area (TPSA) is 105 Å². The Balaban J connectivity index is 1.80. The van der Waals surface area contributed by atoms with Gasteiger partial charge in [0.1, 0.15) is 11.9 Å². The van der Waals surface area contributed by atoms with Gasteiger partial charge in [-0.1, -0.05) is 53.7 Å². The molecule has 1 unspecified atom stereocenters. The van der Waals surface area contributed by atoms with Crippen molar-refractivity contribution in [1.82, 2.24) is 24.5 Å². The Hall–Kier alpha value is -3.59. The first-order valence-corrected chi connectivity index (χ1v) is 9.02. The van der Waals surface area contributed by atoms with Gasteiger partial charge >= 0.3 is 5.69 Å². The molecule has 1 aliphatic carbocycles. The van der Waals surface area contributed by atoms with E-state index in [4.69, 9.17) is 10.3 Å². The fourth-order valence-corrected chi connectivity index (χ4v) is 3.43. The zero-order valence-corrected chi connectivity index (χ0v) is 15.5. The lowest BCUT2D eigenvalue weighted by atomic mass is 9.83. The molecule has 0 fully saturated rings. The van der Waals surface area contributed by atoms with Crippen molar-refractivity contribution in [2.75, 3.05) is 6.54 Å². The molecule has 0 radical (unpaired) electrons. The first-order chi connectivity index (χ1) is 14.2. The molecule has 29 heavy (non-hydrogen) atoms. The molecule has 1 aliphatic rings. The van der Waals surface area contributed by atoms with Crippen molar-refractivity contribution in [3.05, 3.63) is 95.1 Å². The van der Waals surface area contributed by atoms with Crippen LogP contribution in [0.3, 0.4) is 0 Å². The zero-order valence-electron chi connectivity index (χ0n) is 15.5. The predicted octanol–water partition coefficient (Wildman–Crippen LogP) is 2.03. The smallest absolute Gasteiger partial charge is 0.343 e. The third-order valence-corrected chi connectivity index (χ3v) is 4.96. The highest BCUT2D eigenvalue weighted by Gasteiger charge is 2.40. The second-order valence-corrected chi connectivity index (χ2v) is 6.69. The van der Waals surface area contributed by atoms with Crippen LogP contribution in [0.2, 0.25) is 0 Å². The Labute approximate surface area is 165 Å². The summed E-state index contributed by atoms with van der Waals surface area (Å²) in [6.07, 6.45) is 9.13. The van der Waals surface area contributed by atoms with Gasteiger partial charge in [-0.2, -0.15) is 10.1 Å². The van der Waals surface area contributed by atoms with Gasteiger partial charge in [-0.25, -0.2) is 13.9 Å². The van der Waals surface area contributed by atoms with Crippen LogP contribution in [0.25, 0.3) is 5.57 Å². The van der Waals surface area contributed by atoms with E-state index in [1.54, 1.807) is 0 Å². The van der Waals surface area contributed by atoms with Crippen molar-refractivity contribution in [2.45, 2.75) is 18.5 Å². The molecule has 0 aliphatic heterocycles. The third kappa shape index (κ3) is 3.36. The molecule has 0 saturated heterocycles. The molecule has 0 bridgehead atoms. The number of hydrogen-bond donors (Lipinski definition) is 1. The van der Waals surface area contributed by atoms with E-state index in [-0.39, 0.29) is 18.7 Å². The average molecular weight is 394 g/mol. The molecule has 4 rings (SSSR count). The lowest BCUT2D eigenvalue weighted by Gasteiger charge is -2.31. The minimum absolute atomic E-state index is 0.00736. The van der Waals surface area contributed by atoms with E-state index < -0.39 is 11.2 Å². The summed E-state index contributed by atoms with van der Waals surface area (Å²) in [5.41, 5.74) is 6.34. The first kappa shape index (κ1) is 18.8. The van der Waals surface area contributed by atoms with Gasteiger partial charge in [-0.15, -0.1) is 0 Å². The van der Waals surface area contributed by atoms with Crippen LogP contribution in [0.4, 0.5) is 4.39 Å².